The van der Waals surface area contributed by atoms with Crippen LogP contribution in [-0.2, 0) is 5.41 Å². The minimum atomic E-state index is 0.320. The van der Waals surface area contributed by atoms with Gasteiger partial charge in [-0.05, 0) is 61.6 Å². The van der Waals surface area contributed by atoms with Crippen LogP contribution in [0.4, 0.5) is 0 Å². The summed E-state index contributed by atoms with van der Waals surface area (Å²) in [6.07, 6.45) is 12.2. The lowest BCUT2D eigenvalue weighted by atomic mass is 9.68. The van der Waals surface area contributed by atoms with Crippen molar-refractivity contribution in [3.8, 4) is 22.8 Å². The molecule has 5 heteroatoms. The number of imidazole rings is 1. The summed E-state index contributed by atoms with van der Waals surface area (Å²) in [5, 5.41) is 2.19. The van der Waals surface area contributed by atoms with E-state index >= 15 is 0 Å². The molecule has 29 heavy (non-hydrogen) atoms. The number of hydrogen-bond acceptors (Lipinski definition) is 4. The molecule has 3 bridgehead atoms. The summed E-state index contributed by atoms with van der Waals surface area (Å²) in [6, 6.07) is 6.00. The van der Waals surface area contributed by atoms with Crippen LogP contribution in [0.1, 0.15) is 50.6 Å². The second kappa shape index (κ2) is 6.49. The number of aromatic nitrogens is 2. The van der Waals surface area contributed by atoms with E-state index in [4.69, 9.17) is 14.5 Å². The van der Waals surface area contributed by atoms with Crippen molar-refractivity contribution < 1.29 is 9.47 Å². The summed E-state index contributed by atoms with van der Waals surface area (Å²) in [5.41, 5.74) is 3.86. The van der Waals surface area contributed by atoms with Gasteiger partial charge in [-0.1, -0.05) is 19.3 Å². The monoisotopic (exact) mass is 408 g/mol. The van der Waals surface area contributed by atoms with Crippen molar-refractivity contribution in [1.82, 2.24) is 9.38 Å². The number of fused-ring (bicyclic) bond motifs is 3. The van der Waals surface area contributed by atoms with Crippen molar-refractivity contribution >= 4 is 16.3 Å². The molecular formula is C24H28N2O2S. The van der Waals surface area contributed by atoms with Gasteiger partial charge in [-0.15, -0.1) is 11.3 Å². The van der Waals surface area contributed by atoms with E-state index in [1.54, 1.807) is 25.6 Å². The maximum Gasteiger partial charge on any atom is 0.194 e. The molecule has 3 aliphatic carbocycles. The Hall–Kier alpha value is -2.01. The zero-order valence-electron chi connectivity index (χ0n) is 17.2. The third kappa shape index (κ3) is 2.66. The van der Waals surface area contributed by atoms with E-state index in [2.05, 4.69) is 22.0 Å². The average Bonchev–Trinajstić information content (AvgIpc) is 3.36. The fraction of sp³-hybridized carbons (Fsp3) is 0.542. The highest BCUT2D eigenvalue weighted by Crippen LogP contribution is 2.60. The zero-order chi connectivity index (χ0) is 19.6. The third-order valence-electron chi connectivity index (χ3n) is 7.91. The summed E-state index contributed by atoms with van der Waals surface area (Å²) in [5.74, 6) is 4.50. The summed E-state index contributed by atoms with van der Waals surface area (Å²) >= 11 is 1.73. The Balaban J connectivity index is 1.45. The second-order valence-corrected chi connectivity index (χ2v) is 10.2. The van der Waals surface area contributed by atoms with Crippen LogP contribution in [0, 0.1) is 17.8 Å². The molecule has 0 radical (unpaired) electrons. The Kier molecular flexibility index (Phi) is 3.99. The fourth-order valence-corrected chi connectivity index (χ4v) is 7.59. The van der Waals surface area contributed by atoms with Gasteiger partial charge in [-0.3, -0.25) is 4.40 Å². The topological polar surface area (TPSA) is 35.8 Å². The van der Waals surface area contributed by atoms with Gasteiger partial charge in [0.15, 0.2) is 4.96 Å². The van der Waals surface area contributed by atoms with Gasteiger partial charge in [-0.2, -0.15) is 0 Å². The Labute approximate surface area is 175 Å². The minimum Gasteiger partial charge on any atom is -0.497 e. The summed E-state index contributed by atoms with van der Waals surface area (Å²) in [4.78, 5) is 6.28. The number of thiazole rings is 1. The van der Waals surface area contributed by atoms with Gasteiger partial charge < -0.3 is 9.47 Å². The van der Waals surface area contributed by atoms with Gasteiger partial charge in [0, 0.05) is 22.6 Å². The molecule has 0 aliphatic heterocycles. The Morgan fingerprint density at radius 2 is 2.00 bits per heavy atom. The molecule has 0 spiro atoms. The highest BCUT2D eigenvalue weighted by molar-refractivity contribution is 7.15. The van der Waals surface area contributed by atoms with Crippen molar-refractivity contribution in [2.75, 3.05) is 14.2 Å². The molecule has 4 unspecified atom stereocenters. The smallest absolute Gasteiger partial charge is 0.194 e. The molecular weight excluding hydrogens is 380 g/mol. The quantitative estimate of drug-likeness (QED) is 0.536. The normalized spacial score (nSPS) is 30.6. The number of ether oxygens (including phenoxy) is 2. The lowest BCUT2D eigenvalue weighted by Gasteiger charge is -2.36. The largest absolute Gasteiger partial charge is 0.497 e. The summed E-state index contributed by atoms with van der Waals surface area (Å²) in [6.45, 7) is 0. The van der Waals surface area contributed by atoms with Crippen LogP contribution in [-0.4, -0.2) is 23.6 Å². The van der Waals surface area contributed by atoms with Crippen LogP contribution in [0.15, 0.2) is 29.8 Å². The number of nitrogens with zero attached hydrogens (tertiary/aromatic N) is 2. The lowest BCUT2D eigenvalue weighted by molar-refractivity contribution is 0.215. The standard InChI is InChI=1S/C24H28N2O2S/c1-27-18-6-7-21(28-2)19(9-18)20-14-29-23-25-22(13-26(20)23)24-10-15-4-3-5-16(11-24)17(8-15)12-24/h6-7,9,13-17H,3-5,8,10-12H2,1-2H3. The van der Waals surface area contributed by atoms with Crippen molar-refractivity contribution in [3.63, 3.8) is 0 Å². The molecule has 3 aliphatic rings. The van der Waals surface area contributed by atoms with Crippen LogP contribution in [0.3, 0.4) is 0 Å². The van der Waals surface area contributed by atoms with E-state index in [-0.39, 0.29) is 0 Å². The predicted octanol–water partition coefficient (Wildman–Crippen LogP) is 5.94. The lowest BCUT2D eigenvalue weighted by Crippen LogP contribution is -2.31. The van der Waals surface area contributed by atoms with Crippen LogP contribution in [0.5, 0.6) is 11.5 Å². The van der Waals surface area contributed by atoms with E-state index in [1.165, 1.54) is 50.6 Å². The molecule has 4 atom stereocenters. The van der Waals surface area contributed by atoms with Gasteiger partial charge >= 0.3 is 0 Å². The minimum absolute atomic E-state index is 0.320. The molecule has 1 aromatic carbocycles. The average molecular weight is 409 g/mol. The Morgan fingerprint density at radius 3 is 2.86 bits per heavy atom. The van der Waals surface area contributed by atoms with Crippen molar-refractivity contribution in [1.29, 1.82) is 0 Å². The molecule has 0 amide bonds. The molecule has 2 heterocycles. The van der Waals surface area contributed by atoms with E-state index in [0.29, 0.717) is 5.41 Å². The molecule has 0 N–H and O–H groups in total. The molecule has 3 saturated carbocycles. The van der Waals surface area contributed by atoms with Crippen LogP contribution >= 0.6 is 11.3 Å². The molecule has 2 aromatic heterocycles. The number of hydrogen-bond donors (Lipinski definition) is 0. The number of methoxy groups -OCH3 is 2. The van der Waals surface area contributed by atoms with E-state index < -0.39 is 0 Å². The van der Waals surface area contributed by atoms with Gasteiger partial charge in [0.25, 0.3) is 0 Å². The molecule has 152 valence electrons. The van der Waals surface area contributed by atoms with Crippen LogP contribution in [0.25, 0.3) is 16.2 Å². The fourth-order valence-electron chi connectivity index (χ4n) is 6.71. The molecule has 0 saturated heterocycles. The van der Waals surface area contributed by atoms with E-state index in [1.807, 2.05) is 12.1 Å². The SMILES string of the molecule is COc1ccc(OC)c(-c2csc3nc(C45CC6CCCC(C4)C(C6)C5)cn23)c1. The highest BCUT2D eigenvalue weighted by atomic mass is 32.1. The maximum atomic E-state index is 5.65. The molecule has 3 aromatic rings. The van der Waals surface area contributed by atoms with E-state index in [0.717, 1.165) is 45.5 Å². The highest BCUT2D eigenvalue weighted by Gasteiger charge is 2.53. The first-order valence-electron chi connectivity index (χ1n) is 10.9. The van der Waals surface area contributed by atoms with Gasteiger partial charge in [-0.25, -0.2) is 4.98 Å². The summed E-state index contributed by atoms with van der Waals surface area (Å²) < 4.78 is 13.4. The molecule has 4 nitrogen and oxygen atoms in total. The zero-order valence-corrected chi connectivity index (χ0v) is 18.0. The van der Waals surface area contributed by atoms with Gasteiger partial charge in [0.05, 0.1) is 25.6 Å². The maximum absolute atomic E-state index is 5.65. The van der Waals surface area contributed by atoms with Crippen LogP contribution < -0.4 is 9.47 Å². The summed E-state index contributed by atoms with van der Waals surface area (Å²) in [7, 11) is 3.44. The second-order valence-electron chi connectivity index (χ2n) is 9.41. The number of benzene rings is 1. The predicted molar refractivity (Wildman–Crippen MR) is 116 cm³/mol. The Morgan fingerprint density at radius 1 is 1.10 bits per heavy atom. The van der Waals surface area contributed by atoms with Crippen molar-refractivity contribution in [3.05, 3.63) is 35.5 Å². The van der Waals surface area contributed by atoms with E-state index in [9.17, 15) is 0 Å². The van der Waals surface area contributed by atoms with Crippen molar-refractivity contribution in [2.45, 2.75) is 50.4 Å². The molecule has 3 fully saturated rings. The van der Waals surface area contributed by atoms with Gasteiger partial charge in [0.1, 0.15) is 11.5 Å². The first kappa shape index (κ1) is 17.8. The molecule has 6 rings (SSSR count). The third-order valence-corrected chi connectivity index (χ3v) is 8.75. The van der Waals surface area contributed by atoms with Gasteiger partial charge in [0.2, 0.25) is 0 Å². The Bertz CT molecular complexity index is 1070. The number of rotatable bonds is 4. The first-order valence-corrected chi connectivity index (χ1v) is 11.8. The van der Waals surface area contributed by atoms with Crippen molar-refractivity contribution in [2.24, 2.45) is 17.8 Å². The van der Waals surface area contributed by atoms with Crippen LogP contribution in [0.2, 0.25) is 0 Å². The first-order chi connectivity index (χ1) is 14.2.